The molecule has 0 radical (unpaired) electrons. The summed E-state index contributed by atoms with van der Waals surface area (Å²) in [6.45, 7) is 0. The van der Waals surface area contributed by atoms with Gasteiger partial charge < -0.3 is 11.1 Å². The van der Waals surface area contributed by atoms with Crippen molar-refractivity contribution < 1.29 is 0 Å². The maximum atomic E-state index is 5.93. The first-order valence-corrected chi connectivity index (χ1v) is 5.58. The third-order valence-corrected chi connectivity index (χ3v) is 2.76. The predicted molar refractivity (Wildman–Crippen MR) is 68.8 cm³/mol. The van der Waals surface area contributed by atoms with E-state index in [1.807, 2.05) is 13.1 Å². The zero-order chi connectivity index (χ0) is 12.3. The topological polar surface area (TPSA) is 63.8 Å². The molecule has 0 amide bonds. The van der Waals surface area contributed by atoms with Gasteiger partial charge in [-0.15, -0.1) is 0 Å². The molecule has 5 heteroatoms. The molecule has 2 aromatic rings. The number of pyridine rings is 2. The van der Waals surface area contributed by atoms with Gasteiger partial charge in [0.25, 0.3) is 0 Å². The number of halogens is 1. The minimum atomic E-state index is -0.0824. The molecule has 0 aliphatic carbocycles. The Morgan fingerprint density at radius 3 is 2.71 bits per heavy atom. The summed E-state index contributed by atoms with van der Waals surface area (Å²) < 4.78 is 0. The van der Waals surface area contributed by atoms with Gasteiger partial charge in [-0.1, -0.05) is 11.6 Å². The van der Waals surface area contributed by atoms with Crippen molar-refractivity contribution in [3.05, 3.63) is 53.1 Å². The Kier molecular flexibility index (Phi) is 3.56. The Morgan fingerprint density at radius 2 is 2.12 bits per heavy atom. The number of nitrogens with one attached hydrogen (secondary N) is 1. The van der Waals surface area contributed by atoms with Crippen LogP contribution in [-0.4, -0.2) is 17.0 Å². The molecule has 88 valence electrons. The molecule has 1 unspecified atom stereocenters. The average Bonchev–Trinajstić information content (AvgIpc) is 2.35. The van der Waals surface area contributed by atoms with Crippen molar-refractivity contribution in [2.24, 2.45) is 0 Å². The fourth-order valence-corrected chi connectivity index (χ4v) is 1.79. The van der Waals surface area contributed by atoms with E-state index in [9.17, 15) is 0 Å². The van der Waals surface area contributed by atoms with E-state index in [1.165, 1.54) is 0 Å². The summed E-state index contributed by atoms with van der Waals surface area (Å²) in [6.07, 6.45) is 5.03. The molecule has 0 aliphatic heterocycles. The third-order valence-electron chi connectivity index (χ3n) is 2.53. The quantitative estimate of drug-likeness (QED) is 0.872. The number of hydrogen-bond donors (Lipinski definition) is 2. The Morgan fingerprint density at radius 1 is 1.29 bits per heavy atom. The van der Waals surface area contributed by atoms with E-state index in [2.05, 4.69) is 15.3 Å². The molecule has 4 nitrogen and oxygen atoms in total. The van der Waals surface area contributed by atoms with E-state index >= 15 is 0 Å². The number of nitrogen functional groups attached to an aromatic ring is 1. The SMILES string of the molecule is CNC(c1ccc(Cl)cn1)c1cnccc1N. The van der Waals surface area contributed by atoms with Crippen LogP contribution < -0.4 is 11.1 Å². The minimum Gasteiger partial charge on any atom is -0.398 e. The van der Waals surface area contributed by atoms with Crippen LogP contribution in [0.3, 0.4) is 0 Å². The Hall–Kier alpha value is -1.65. The molecule has 2 heterocycles. The van der Waals surface area contributed by atoms with Gasteiger partial charge in [0, 0.05) is 29.8 Å². The highest BCUT2D eigenvalue weighted by Gasteiger charge is 2.15. The predicted octanol–water partition coefficient (Wildman–Crippen LogP) is 2.02. The number of aromatic nitrogens is 2. The molecule has 0 spiro atoms. The normalized spacial score (nSPS) is 12.4. The van der Waals surface area contributed by atoms with E-state index in [4.69, 9.17) is 17.3 Å². The summed E-state index contributed by atoms with van der Waals surface area (Å²) in [5.41, 5.74) is 8.39. The van der Waals surface area contributed by atoms with Gasteiger partial charge in [0.2, 0.25) is 0 Å². The first kappa shape index (κ1) is 11.8. The summed E-state index contributed by atoms with van der Waals surface area (Å²) in [5, 5.41) is 3.78. The maximum absolute atomic E-state index is 5.93. The highest BCUT2D eigenvalue weighted by Crippen LogP contribution is 2.24. The highest BCUT2D eigenvalue weighted by molar-refractivity contribution is 6.30. The van der Waals surface area contributed by atoms with E-state index < -0.39 is 0 Å². The fourth-order valence-electron chi connectivity index (χ4n) is 1.68. The van der Waals surface area contributed by atoms with Gasteiger partial charge in [-0.2, -0.15) is 0 Å². The number of nitrogens with zero attached hydrogens (tertiary/aromatic N) is 2. The maximum Gasteiger partial charge on any atom is 0.0784 e. The van der Waals surface area contributed by atoms with E-state index in [-0.39, 0.29) is 6.04 Å². The first-order valence-electron chi connectivity index (χ1n) is 5.20. The molecule has 2 rings (SSSR count). The van der Waals surface area contributed by atoms with Crippen molar-refractivity contribution >= 4 is 17.3 Å². The lowest BCUT2D eigenvalue weighted by Gasteiger charge is -2.17. The first-order chi connectivity index (χ1) is 8.22. The standard InChI is InChI=1S/C12H13ClN4/c1-15-12(9-7-16-5-4-10(9)14)11-3-2-8(13)6-17-11/h2-7,12,15H,1H3,(H2,14,16). The minimum absolute atomic E-state index is 0.0824. The molecule has 0 aromatic carbocycles. The lowest BCUT2D eigenvalue weighted by Crippen LogP contribution is -2.20. The van der Waals surface area contributed by atoms with Crippen LogP contribution in [0.15, 0.2) is 36.8 Å². The molecular weight excluding hydrogens is 236 g/mol. The van der Waals surface area contributed by atoms with Gasteiger partial charge in [-0.3, -0.25) is 9.97 Å². The number of hydrogen-bond acceptors (Lipinski definition) is 4. The molecule has 3 N–H and O–H groups in total. The van der Waals surface area contributed by atoms with Crippen LogP contribution in [0, 0.1) is 0 Å². The molecular formula is C12H13ClN4. The van der Waals surface area contributed by atoms with Gasteiger partial charge in [0.1, 0.15) is 0 Å². The zero-order valence-electron chi connectivity index (χ0n) is 9.39. The van der Waals surface area contributed by atoms with Gasteiger partial charge in [0.15, 0.2) is 0 Å². The lowest BCUT2D eigenvalue weighted by atomic mass is 10.0. The fraction of sp³-hybridized carbons (Fsp3) is 0.167. The monoisotopic (exact) mass is 248 g/mol. The molecule has 17 heavy (non-hydrogen) atoms. The number of anilines is 1. The number of nitrogens with two attached hydrogens (primary N) is 1. The third kappa shape index (κ3) is 2.54. The van der Waals surface area contributed by atoms with Crippen LogP contribution in [0.4, 0.5) is 5.69 Å². The molecule has 0 saturated heterocycles. The summed E-state index contributed by atoms with van der Waals surface area (Å²) in [7, 11) is 1.85. The van der Waals surface area contributed by atoms with Crippen LogP contribution in [0.2, 0.25) is 5.02 Å². The van der Waals surface area contributed by atoms with Crippen LogP contribution in [0.1, 0.15) is 17.3 Å². The van der Waals surface area contributed by atoms with Crippen molar-refractivity contribution in [3.63, 3.8) is 0 Å². The second-order valence-electron chi connectivity index (χ2n) is 3.63. The molecule has 1 atom stereocenters. The van der Waals surface area contributed by atoms with Crippen molar-refractivity contribution in [3.8, 4) is 0 Å². The molecule has 0 bridgehead atoms. The van der Waals surface area contributed by atoms with Crippen molar-refractivity contribution in [1.82, 2.24) is 15.3 Å². The summed E-state index contributed by atoms with van der Waals surface area (Å²) in [5.74, 6) is 0. The Labute approximate surface area is 105 Å². The lowest BCUT2D eigenvalue weighted by molar-refractivity contribution is 0.670. The van der Waals surface area contributed by atoms with Crippen LogP contribution in [0.5, 0.6) is 0 Å². The molecule has 0 fully saturated rings. The van der Waals surface area contributed by atoms with Crippen molar-refractivity contribution in [2.75, 3.05) is 12.8 Å². The molecule has 0 saturated carbocycles. The van der Waals surface area contributed by atoms with E-state index in [0.717, 1.165) is 11.3 Å². The van der Waals surface area contributed by atoms with Crippen LogP contribution in [-0.2, 0) is 0 Å². The molecule has 0 aliphatic rings. The van der Waals surface area contributed by atoms with Gasteiger partial charge in [0.05, 0.1) is 16.8 Å². The van der Waals surface area contributed by atoms with Crippen molar-refractivity contribution in [1.29, 1.82) is 0 Å². The second kappa shape index (κ2) is 5.12. The Bertz CT molecular complexity index is 498. The van der Waals surface area contributed by atoms with E-state index in [1.54, 1.807) is 30.7 Å². The van der Waals surface area contributed by atoms with E-state index in [0.29, 0.717) is 10.7 Å². The van der Waals surface area contributed by atoms with Gasteiger partial charge in [-0.05, 0) is 25.2 Å². The Balaban J connectivity index is 2.40. The van der Waals surface area contributed by atoms with Crippen LogP contribution in [0.25, 0.3) is 0 Å². The summed E-state index contributed by atoms with van der Waals surface area (Å²) in [4.78, 5) is 8.37. The highest BCUT2D eigenvalue weighted by atomic mass is 35.5. The summed E-state index contributed by atoms with van der Waals surface area (Å²) in [6, 6.07) is 5.37. The van der Waals surface area contributed by atoms with Crippen LogP contribution >= 0.6 is 11.6 Å². The largest absolute Gasteiger partial charge is 0.398 e. The van der Waals surface area contributed by atoms with Crippen molar-refractivity contribution in [2.45, 2.75) is 6.04 Å². The van der Waals surface area contributed by atoms with Gasteiger partial charge in [-0.25, -0.2) is 0 Å². The van der Waals surface area contributed by atoms with Gasteiger partial charge >= 0.3 is 0 Å². The summed E-state index contributed by atoms with van der Waals surface area (Å²) >= 11 is 5.82. The average molecular weight is 249 g/mol. The number of rotatable bonds is 3. The smallest absolute Gasteiger partial charge is 0.0784 e. The second-order valence-corrected chi connectivity index (χ2v) is 4.06. The molecule has 2 aromatic heterocycles. The zero-order valence-corrected chi connectivity index (χ0v) is 10.1.